The minimum Gasteiger partial charge on any atom is -0.423 e. The maximum absolute atomic E-state index is 12.7. The zero-order chi connectivity index (χ0) is 25.4. The molecule has 0 aliphatic carbocycles. The topological polar surface area (TPSA) is 105 Å². The molecule has 0 aliphatic heterocycles. The molecule has 3 rings (SSSR count). The number of benzene rings is 3. The summed E-state index contributed by atoms with van der Waals surface area (Å²) in [6.45, 7) is 8.31. The minimum absolute atomic E-state index is 0.0282. The van der Waals surface area contributed by atoms with Crippen LogP contribution in [0.4, 0.5) is 0 Å². The number of ether oxygens (including phenoxy) is 4. The molecule has 0 bridgehead atoms. The van der Waals surface area contributed by atoms with Crippen molar-refractivity contribution in [3.8, 4) is 23.0 Å². The summed E-state index contributed by atoms with van der Waals surface area (Å²) >= 11 is 0. The lowest BCUT2D eigenvalue weighted by atomic mass is 10.2. The van der Waals surface area contributed by atoms with E-state index in [9.17, 15) is 19.2 Å². The molecule has 0 heterocycles. The Kier molecular flexibility index (Phi) is 7.92. The van der Waals surface area contributed by atoms with E-state index in [4.69, 9.17) is 18.9 Å². The third-order valence-corrected chi connectivity index (χ3v) is 4.53. The largest absolute Gasteiger partial charge is 0.423 e. The van der Waals surface area contributed by atoms with Gasteiger partial charge in [-0.15, -0.1) is 0 Å². The average Bonchev–Trinajstić information content (AvgIpc) is 2.86. The van der Waals surface area contributed by atoms with Crippen LogP contribution in [0, 0.1) is 6.92 Å². The lowest BCUT2D eigenvalue weighted by Gasteiger charge is -2.12. The van der Waals surface area contributed by atoms with Crippen molar-refractivity contribution >= 4 is 23.9 Å². The molecule has 3 aromatic carbocycles. The fraction of sp³-hybridized carbons (Fsp3) is 0.0370. The van der Waals surface area contributed by atoms with E-state index in [-0.39, 0.29) is 34.1 Å². The van der Waals surface area contributed by atoms with Gasteiger partial charge in [-0.05, 0) is 55.0 Å². The number of carbonyl (C=O) groups excluding carboxylic acids is 4. The Bertz CT molecular complexity index is 1320. The number of carbonyl (C=O) groups is 4. The summed E-state index contributed by atoms with van der Waals surface area (Å²) in [4.78, 5) is 48.4. The van der Waals surface area contributed by atoms with Gasteiger partial charge in [0.2, 0.25) is 0 Å². The first-order valence-electron chi connectivity index (χ1n) is 10.2. The Morgan fingerprint density at radius 1 is 0.629 bits per heavy atom. The van der Waals surface area contributed by atoms with Crippen LogP contribution in [0.2, 0.25) is 0 Å². The number of para-hydroxylation sites is 2. The highest BCUT2D eigenvalue weighted by Crippen LogP contribution is 2.28. The molecule has 0 spiro atoms. The molecule has 0 aliphatic rings. The first kappa shape index (κ1) is 24.7. The van der Waals surface area contributed by atoms with Crippen molar-refractivity contribution in [3.63, 3.8) is 0 Å². The second kappa shape index (κ2) is 11.2. The van der Waals surface area contributed by atoms with Crippen LogP contribution in [0.25, 0.3) is 0 Å². The summed E-state index contributed by atoms with van der Waals surface area (Å²) in [5.41, 5.74) is 0.584. The quantitative estimate of drug-likeness (QED) is 0.266. The Labute approximate surface area is 201 Å². The van der Waals surface area contributed by atoms with Crippen molar-refractivity contribution < 1.29 is 38.1 Å². The monoisotopic (exact) mass is 472 g/mol. The molecule has 0 radical (unpaired) electrons. The zero-order valence-electron chi connectivity index (χ0n) is 18.7. The lowest BCUT2D eigenvalue weighted by molar-refractivity contribution is -0.129. The zero-order valence-corrected chi connectivity index (χ0v) is 18.7. The summed E-state index contributed by atoms with van der Waals surface area (Å²) in [5, 5.41) is 0. The summed E-state index contributed by atoms with van der Waals surface area (Å²) < 4.78 is 21.0. The fourth-order valence-electron chi connectivity index (χ4n) is 2.87. The number of rotatable bonds is 8. The lowest BCUT2D eigenvalue weighted by Crippen LogP contribution is -2.14. The second-order valence-electron chi connectivity index (χ2n) is 6.95. The van der Waals surface area contributed by atoms with E-state index in [1.807, 2.05) is 0 Å². The smallest absolute Gasteiger partial charge is 0.347 e. The maximum Gasteiger partial charge on any atom is 0.347 e. The highest BCUT2D eigenvalue weighted by Gasteiger charge is 2.19. The van der Waals surface area contributed by atoms with Crippen molar-refractivity contribution in [2.24, 2.45) is 0 Å². The molecule has 3 aromatic rings. The molecule has 8 heteroatoms. The molecule has 0 saturated heterocycles. The Balaban J connectivity index is 1.75. The molecule has 0 aromatic heterocycles. The second-order valence-corrected chi connectivity index (χ2v) is 6.95. The summed E-state index contributed by atoms with van der Waals surface area (Å²) in [6, 6.07) is 16.6. The first-order chi connectivity index (χ1) is 16.8. The molecule has 0 fully saturated rings. The van der Waals surface area contributed by atoms with Crippen molar-refractivity contribution in [2.45, 2.75) is 6.92 Å². The van der Waals surface area contributed by atoms with Crippen LogP contribution in [0.15, 0.2) is 92.0 Å². The van der Waals surface area contributed by atoms with Crippen LogP contribution in [0.3, 0.4) is 0 Å². The highest BCUT2D eigenvalue weighted by molar-refractivity contribution is 5.96. The van der Waals surface area contributed by atoms with E-state index in [0.717, 1.165) is 12.2 Å². The predicted molar refractivity (Wildman–Crippen MR) is 126 cm³/mol. The maximum atomic E-state index is 12.7. The summed E-state index contributed by atoms with van der Waals surface area (Å²) in [5.74, 6) is -2.48. The van der Waals surface area contributed by atoms with Gasteiger partial charge >= 0.3 is 23.9 Å². The fourth-order valence-corrected chi connectivity index (χ4v) is 2.87. The van der Waals surface area contributed by atoms with Crippen LogP contribution in [0.5, 0.6) is 23.0 Å². The van der Waals surface area contributed by atoms with Gasteiger partial charge in [0.1, 0.15) is 34.1 Å². The van der Waals surface area contributed by atoms with Gasteiger partial charge in [0.15, 0.2) is 0 Å². The van der Waals surface area contributed by atoms with Gasteiger partial charge < -0.3 is 18.9 Å². The van der Waals surface area contributed by atoms with Gasteiger partial charge in [-0.25, -0.2) is 19.2 Å². The number of aryl methyl sites for hydroxylation is 1. The normalized spacial score (nSPS) is 9.97. The molecule has 0 N–H and O–H groups in total. The standard InChI is InChI=1S/C27H20O8/c1-4-24(28)33-22-12-8-6-10-19(22)26(30)32-18-14-15-21(17(3)16-18)35-27(31)20-11-7-9-13-23(20)34-25(29)5-2/h4-16H,1-2H2,3H3. The molecule has 176 valence electrons. The van der Waals surface area contributed by atoms with Crippen LogP contribution in [-0.4, -0.2) is 23.9 Å². The van der Waals surface area contributed by atoms with Crippen molar-refractivity contribution in [2.75, 3.05) is 0 Å². The van der Waals surface area contributed by atoms with E-state index >= 15 is 0 Å². The van der Waals surface area contributed by atoms with E-state index in [1.54, 1.807) is 31.2 Å². The number of hydrogen-bond acceptors (Lipinski definition) is 8. The Morgan fingerprint density at radius 3 is 1.60 bits per heavy atom. The van der Waals surface area contributed by atoms with E-state index in [0.29, 0.717) is 5.56 Å². The third-order valence-electron chi connectivity index (χ3n) is 4.53. The number of esters is 4. The van der Waals surface area contributed by atoms with E-state index in [1.165, 1.54) is 42.5 Å². The Hall–Kier alpha value is -4.98. The van der Waals surface area contributed by atoms with Crippen molar-refractivity contribution in [3.05, 3.63) is 109 Å². The van der Waals surface area contributed by atoms with Gasteiger partial charge in [0.25, 0.3) is 0 Å². The predicted octanol–water partition coefficient (Wildman–Crippen LogP) is 4.62. The van der Waals surface area contributed by atoms with E-state index in [2.05, 4.69) is 13.2 Å². The molecule has 0 unspecified atom stereocenters. The van der Waals surface area contributed by atoms with E-state index < -0.39 is 23.9 Å². The van der Waals surface area contributed by atoms with Gasteiger partial charge in [-0.1, -0.05) is 37.4 Å². The average molecular weight is 472 g/mol. The van der Waals surface area contributed by atoms with Crippen molar-refractivity contribution in [1.82, 2.24) is 0 Å². The molecule has 0 atom stereocenters. The molecule has 35 heavy (non-hydrogen) atoms. The van der Waals surface area contributed by atoms with Crippen LogP contribution in [-0.2, 0) is 9.59 Å². The van der Waals surface area contributed by atoms with Gasteiger partial charge in [0.05, 0.1) is 0 Å². The summed E-state index contributed by atoms with van der Waals surface area (Å²) in [7, 11) is 0. The third kappa shape index (κ3) is 6.29. The van der Waals surface area contributed by atoms with Crippen LogP contribution >= 0.6 is 0 Å². The number of hydrogen-bond donors (Lipinski definition) is 0. The van der Waals surface area contributed by atoms with Gasteiger partial charge in [-0.2, -0.15) is 0 Å². The molecule has 8 nitrogen and oxygen atoms in total. The van der Waals surface area contributed by atoms with Gasteiger partial charge in [-0.3, -0.25) is 0 Å². The molecular formula is C27H20O8. The van der Waals surface area contributed by atoms with Crippen LogP contribution < -0.4 is 18.9 Å². The van der Waals surface area contributed by atoms with Crippen molar-refractivity contribution in [1.29, 1.82) is 0 Å². The molecular weight excluding hydrogens is 452 g/mol. The Morgan fingerprint density at radius 2 is 1.11 bits per heavy atom. The summed E-state index contributed by atoms with van der Waals surface area (Å²) in [6.07, 6.45) is 1.96. The van der Waals surface area contributed by atoms with Crippen LogP contribution in [0.1, 0.15) is 26.3 Å². The van der Waals surface area contributed by atoms with Gasteiger partial charge in [0, 0.05) is 12.2 Å². The minimum atomic E-state index is -0.750. The highest BCUT2D eigenvalue weighted by atomic mass is 16.6. The SMILES string of the molecule is C=CC(=O)Oc1ccccc1C(=O)Oc1ccc(OC(=O)c2ccccc2OC(=O)C=C)c(C)c1. The first-order valence-corrected chi connectivity index (χ1v) is 10.2. The molecule has 0 amide bonds. The molecule has 0 saturated carbocycles.